The summed E-state index contributed by atoms with van der Waals surface area (Å²) in [4.78, 5) is 14.1. The quantitative estimate of drug-likeness (QED) is 0.801. The fourth-order valence-electron chi connectivity index (χ4n) is 2.04. The lowest BCUT2D eigenvalue weighted by Gasteiger charge is -2.19. The fraction of sp³-hybridized carbons (Fsp3) is 0.188. The van der Waals surface area contributed by atoms with Crippen molar-refractivity contribution in [2.24, 2.45) is 0 Å². The second kappa shape index (κ2) is 6.96. The fourth-order valence-corrected chi connectivity index (χ4v) is 2.63. The molecule has 0 aromatic heterocycles. The van der Waals surface area contributed by atoms with Gasteiger partial charge in [-0.05, 0) is 36.4 Å². The van der Waals surface area contributed by atoms with Crippen molar-refractivity contribution in [1.82, 2.24) is 4.90 Å². The number of halogens is 2. The Morgan fingerprint density at radius 3 is 2.71 bits per heavy atom. The number of rotatable bonds is 4. The lowest BCUT2D eigenvalue weighted by atomic mass is 10.1. The van der Waals surface area contributed by atoms with Crippen LogP contribution in [0.15, 0.2) is 46.9 Å². The van der Waals surface area contributed by atoms with Gasteiger partial charge in [0.15, 0.2) is 0 Å². The van der Waals surface area contributed by atoms with E-state index < -0.39 is 0 Å². The van der Waals surface area contributed by atoms with E-state index >= 15 is 0 Å². The van der Waals surface area contributed by atoms with E-state index in [4.69, 9.17) is 16.3 Å². The molecule has 110 valence electrons. The molecule has 0 aliphatic rings. The molecule has 1 amide bonds. The molecule has 3 nitrogen and oxygen atoms in total. The highest BCUT2D eigenvalue weighted by Gasteiger charge is 2.14. The third-order valence-corrected chi connectivity index (χ3v) is 3.80. The Balaban J connectivity index is 2.19. The SMILES string of the molecule is COc1ccc(Cl)cc1CN(C)C(=O)c1cccc(Br)c1. The molecule has 0 saturated carbocycles. The standard InChI is InChI=1S/C16H15BrClNO2/c1-19(16(20)11-4-3-5-13(17)8-11)10-12-9-14(18)6-7-15(12)21-2/h3-9H,10H2,1-2H3. The molecular weight excluding hydrogens is 354 g/mol. The van der Waals surface area contributed by atoms with Crippen LogP contribution >= 0.6 is 27.5 Å². The van der Waals surface area contributed by atoms with Crippen LogP contribution in [0.1, 0.15) is 15.9 Å². The first-order valence-corrected chi connectivity index (χ1v) is 7.52. The topological polar surface area (TPSA) is 29.5 Å². The molecule has 21 heavy (non-hydrogen) atoms. The van der Waals surface area contributed by atoms with E-state index in [1.165, 1.54) is 0 Å². The Kier molecular flexibility index (Phi) is 5.26. The summed E-state index contributed by atoms with van der Waals surface area (Å²) in [6.45, 7) is 0.426. The summed E-state index contributed by atoms with van der Waals surface area (Å²) in [7, 11) is 3.35. The molecule has 2 aromatic rings. The van der Waals surface area contributed by atoms with Gasteiger partial charge in [0, 0.05) is 34.2 Å². The van der Waals surface area contributed by atoms with Crippen molar-refractivity contribution in [1.29, 1.82) is 0 Å². The van der Waals surface area contributed by atoms with Crippen molar-refractivity contribution >= 4 is 33.4 Å². The average molecular weight is 369 g/mol. The van der Waals surface area contributed by atoms with Gasteiger partial charge >= 0.3 is 0 Å². The van der Waals surface area contributed by atoms with Crippen molar-refractivity contribution in [3.63, 3.8) is 0 Å². The highest BCUT2D eigenvalue weighted by Crippen LogP contribution is 2.24. The molecular formula is C16H15BrClNO2. The molecule has 0 radical (unpaired) electrons. The molecule has 0 saturated heterocycles. The Labute approximate surface area is 137 Å². The van der Waals surface area contributed by atoms with E-state index in [-0.39, 0.29) is 5.91 Å². The van der Waals surface area contributed by atoms with Crippen LogP contribution in [0.3, 0.4) is 0 Å². The first kappa shape index (κ1) is 15.9. The van der Waals surface area contributed by atoms with Crippen molar-refractivity contribution in [2.45, 2.75) is 6.54 Å². The summed E-state index contributed by atoms with van der Waals surface area (Å²) in [6.07, 6.45) is 0. The minimum atomic E-state index is -0.0571. The molecule has 2 aromatic carbocycles. The summed E-state index contributed by atoms with van der Waals surface area (Å²) < 4.78 is 6.18. The van der Waals surface area contributed by atoms with Gasteiger partial charge in [0.1, 0.15) is 5.75 Å². The Hall–Kier alpha value is -1.52. The molecule has 0 heterocycles. The maximum atomic E-state index is 12.4. The van der Waals surface area contributed by atoms with Crippen LogP contribution in [0.25, 0.3) is 0 Å². The van der Waals surface area contributed by atoms with Gasteiger partial charge in [-0.15, -0.1) is 0 Å². The first-order valence-electron chi connectivity index (χ1n) is 6.34. The van der Waals surface area contributed by atoms with E-state index in [0.29, 0.717) is 22.9 Å². The van der Waals surface area contributed by atoms with Gasteiger partial charge in [0.2, 0.25) is 0 Å². The minimum Gasteiger partial charge on any atom is -0.496 e. The van der Waals surface area contributed by atoms with Crippen molar-refractivity contribution in [2.75, 3.05) is 14.2 Å². The van der Waals surface area contributed by atoms with E-state index in [2.05, 4.69) is 15.9 Å². The summed E-state index contributed by atoms with van der Waals surface area (Å²) >= 11 is 9.38. The number of carbonyl (C=O) groups is 1. The minimum absolute atomic E-state index is 0.0571. The van der Waals surface area contributed by atoms with Crippen LogP contribution in [0.5, 0.6) is 5.75 Å². The van der Waals surface area contributed by atoms with Crippen LogP contribution < -0.4 is 4.74 Å². The van der Waals surface area contributed by atoms with Crippen LogP contribution in [-0.4, -0.2) is 25.0 Å². The summed E-state index contributed by atoms with van der Waals surface area (Å²) in [5.41, 5.74) is 1.50. The van der Waals surface area contributed by atoms with Crippen LogP contribution in [0, 0.1) is 0 Å². The van der Waals surface area contributed by atoms with Crippen LogP contribution in [0.4, 0.5) is 0 Å². The summed E-state index contributed by atoms with van der Waals surface area (Å²) in [6, 6.07) is 12.7. The van der Waals surface area contributed by atoms with Crippen molar-refractivity contribution < 1.29 is 9.53 Å². The van der Waals surface area contributed by atoms with E-state index in [1.807, 2.05) is 18.2 Å². The lowest BCUT2D eigenvalue weighted by molar-refractivity contribution is 0.0784. The molecule has 5 heteroatoms. The van der Waals surface area contributed by atoms with Gasteiger partial charge in [0.05, 0.1) is 7.11 Å². The molecule has 0 unspecified atom stereocenters. The van der Waals surface area contributed by atoms with Gasteiger partial charge in [-0.25, -0.2) is 0 Å². The maximum absolute atomic E-state index is 12.4. The molecule has 0 aliphatic heterocycles. The summed E-state index contributed by atoms with van der Waals surface area (Å²) in [5.74, 6) is 0.659. The smallest absolute Gasteiger partial charge is 0.253 e. The Morgan fingerprint density at radius 2 is 2.05 bits per heavy atom. The average Bonchev–Trinajstić information content (AvgIpc) is 2.46. The molecule has 0 fully saturated rings. The number of hydrogen-bond acceptors (Lipinski definition) is 2. The lowest BCUT2D eigenvalue weighted by Crippen LogP contribution is -2.26. The predicted octanol–water partition coefficient (Wildman–Crippen LogP) is 4.38. The number of methoxy groups -OCH3 is 1. The van der Waals surface area contributed by atoms with Gasteiger partial charge in [0.25, 0.3) is 5.91 Å². The van der Waals surface area contributed by atoms with E-state index in [1.54, 1.807) is 43.3 Å². The van der Waals surface area contributed by atoms with Crippen LogP contribution in [0.2, 0.25) is 5.02 Å². The van der Waals surface area contributed by atoms with Crippen molar-refractivity contribution in [3.8, 4) is 5.75 Å². The number of benzene rings is 2. The third-order valence-electron chi connectivity index (χ3n) is 3.07. The molecule has 0 aliphatic carbocycles. The maximum Gasteiger partial charge on any atom is 0.253 e. The normalized spacial score (nSPS) is 10.3. The third kappa shape index (κ3) is 3.99. The molecule has 0 spiro atoms. The Morgan fingerprint density at radius 1 is 1.29 bits per heavy atom. The van der Waals surface area contributed by atoms with E-state index in [0.717, 1.165) is 10.0 Å². The zero-order chi connectivity index (χ0) is 15.4. The van der Waals surface area contributed by atoms with E-state index in [9.17, 15) is 4.79 Å². The number of hydrogen-bond donors (Lipinski definition) is 0. The van der Waals surface area contributed by atoms with Gasteiger partial charge in [-0.1, -0.05) is 33.6 Å². The largest absolute Gasteiger partial charge is 0.496 e. The molecule has 0 atom stereocenters. The second-order valence-corrected chi connectivity index (χ2v) is 5.98. The molecule has 2 rings (SSSR count). The van der Waals surface area contributed by atoms with Gasteiger partial charge in [-0.2, -0.15) is 0 Å². The molecule has 0 bridgehead atoms. The number of ether oxygens (including phenoxy) is 1. The zero-order valence-electron chi connectivity index (χ0n) is 11.8. The first-order chi connectivity index (χ1) is 10.0. The highest BCUT2D eigenvalue weighted by atomic mass is 79.9. The Bertz CT molecular complexity index is 660. The monoisotopic (exact) mass is 367 g/mol. The van der Waals surface area contributed by atoms with Crippen LogP contribution in [-0.2, 0) is 6.54 Å². The number of carbonyl (C=O) groups excluding carboxylic acids is 1. The second-order valence-electron chi connectivity index (χ2n) is 4.63. The predicted molar refractivity (Wildman–Crippen MR) is 87.9 cm³/mol. The van der Waals surface area contributed by atoms with Gasteiger partial charge < -0.3 is 9.64 Å². The number of amides is 1. The summed E-state index contributed by atoms with van der Waals surface area (Å²) in [5, 5.41) is 0.620. The van der Waals surface area contributed by atoms with Gasteiger partial charge in [-0.3, -0.25) is 4.79 Å². The zero-order valence-corrected chi connectivity index (χ0v) is 14.1. The number of nitrogens with zero attached hydrogens (tertiary/aromatic N) is 1. The highest BCUT2D eigenvalue weighted by molar-refractivity contribution is 9.10. The van der Waals surface area contributed by atoms with Crippen molar-refractivity contribution in [3.05, 3.63) is 63.1 Å². The molecule has 0 N–H and O–H groups in total.